The predicted molar refractivity (Wildman–Crippen MR) is 113 cm³/mol. The summed E-state index contributed by atoms with van der Waals surface area (Å²) < 4.78 is 11.2. The Morgan fingerprint density at radius 1 is 1.33 bits per heavy atom. The van der Waals surface area contributed by atoms with E-state index in [1.54, 1.807) is 11.3 Å². The lowest BCUT2D eigenvalue weighted by Crippen LogP contribution is -2.38. The highest BCUT2D eigenvalue weighted by Crippen LogP contribution is 2.25. The van der Waals surface area contributed by atoms with Crippen molar-refractivity contribution in [2.24, 2.45) is 10.9 Å². The molecule has 0 unspecified atom stereocenters. The number of nitrogens with one attached hydrogen (secondary N) is 2. The molecule has 0 radical (unpaired) electrons. The molecule has 0 aliphatic carbocycles. The van der Waals surface area contributed by atoms with Gasteiger partial charge in [0, 0.05) is 50.3 Å². The number of ether oxygens (including phenoxy) is 2. The number of thiazole rings is 1. The largest absolute Gasteiger partial charge is 0.381 e. The summed E-state index contributed by atoms with van der Waals surface area (Å²) in [5.74, 6) is 1.51. The summed E-state index contributed by atoms with van der Waals surface area (Å²) in [7, 11) is 0. The average molecular weight is 397 g/mol. The molecule has 7 heteroatoms. The number of rotatable bonds is 9. The number of guanidine groups is 1. The topological polar surface area (TPSA) is 67.8 Å². The summed E-state index contributed by atoms with van der Waals surface area (Å²) in [6.07, 6.45) is 3.23. The summed E-state index contributed by atoms with van der Waals surface area (Å²) in [6, 6.07) is 0. The van der Waals surface area contributed by atoms with E-state index < -0.39 is 0 Å². The first-order chi connectivity index (χ1) is 13.0. The lowest BCUT2D eigenvalue weighted by molar-refractivity contribution is 0.0203. The van der Waals surface area contributed by atoms with Gasteiger partial charge in [-0.3, -0.25) is 0 Å². The van der Waals surface area contributed by atoms with Gasteiger partial charge in [0.2, 0.25) is 0 Å². The number of aliphatic imine (C=N–C) groups is 1. The van der Waals surface area contributed by atoms with Gasteiger partial charge in [-0.1, -0.05) is 20.8 Å². The van der Waals surface area contributed by atoms with Gasteiger partial charge in [0.15, 0.2) is 5.96 Å². The van der Waals surface area contributed by atoms with Gasteiger partial charge in [-0.05, 0) is 32.1 Å². The second-order valence-corrected chi connectivity index (χ2v) is 8.86. The van der Waals surface area contributed by atoms with Crippen LogP contribution in [0.1, 0.15) is 57.7 Å². The number of nitrogens with zero attached hydrogens (tertiary/aromatic N) is 2. The number of hydrogen-bond acceptors (Lipinski definition) is 5. The molecule has 1 aromatic rings. The molecule has 154 valence electrons. The molecular weight excluding hydrogens is 360 g/mol. The third-order valence-electron chi connectivity index (χ3n) is 4.39. The van der Waals surface area contributed by atoms with Gasteiger partial charge in [-0.15, -0.1) is 11.3 Å². The van der Waals surface area contributed by atoms with Crippen molar-refractivity contribution in [1.82, 2.24) is 15.6 Å². The van der Waals surface area contributed by atoms with Crippen LogP contribution in [0.4, 0.5) is 0 Å². The van der Waals surface area contributed by atoms with Crippen molar-refractivity contribution < 1.29 is 9.47 Å². The minimum atomic E-state index is 0.0973. The van der Waals surface area contributed by atoms with Crippen molar-refractivity contribution in [3.05, 3.63) is 16.1 Å². The Bertz CT molecular complexity index is 563. The molecule has 2 heterocycles. The smallest absolute Gasteiger partial charge is 0.191 e. The van der Waals surface area contributed by atoms with E-state index in [0.717, 1.165) is 75.4 Å². The van der Waals surface area contributed by atoms with Gasteiger partial charge in [-0.2, -0.15) is 0 Å². The van der Waals surface area contributed by atoms with Crippen molar-refractivity contribution in [3.63, 3.8) is 0 Å². The fraction of sp³-hybridized carbons (Fsp3) is 0.800. The Labute approximate surface area is 168 Å². The lowest BCUT2D eigenvalue weighted by atomic mass is 9.98. The van der Waals surface area contributed by atoms with Crippen LogP contribution < -0.4 is 10.6 Å². The van der Waals surface area contributed by atoms with Gasteiger partial charge < -0.3 is 20.1 Å². The van der Waals surface area contributed by atoms with Gasteiger partial charge in [0.1, 0.15) is 0 Å². The minimum Gasteiger partial charge on any atom is -0.381 e. The number of hydrogen-bond donors (Lipinski definition) is 2. The van der Waals surface area contributed by atoms with Crippen LogP contribution in [-0.4, -0.2) is 50.5 Å². The first kappa shape index (κ1) is 22.1. The SMILES string of the molecule is CCNC(=NCc1csc(C(C)(C)C)n1)NCCCOCC1CCOCC1. The monoisotopic (exact) mass is 396 g/mol. The van der Waals surface area contributed by atoms with E-state index in [9.17, 15) is 0 Å². The van der Waals surface area contributed by atoms with Gasteiger partial charge in [0.05, 0.1) is 17.2 Å². The first-order valence-corrected chi connectivity index (χ1v) is 11.0. The van der Waals surface area contributed by atoms with E-state index in [4.69, 9.17) is 14.5 Å². The van der Waals surface area contributed by atoms with E-state index in [1.165, 1.54) is 0 Å². The van der Waals surface area contributed by atoms with Crippen molar-refractivity contribution in [3.8, 4) is 0 Å². The van der Waals surface area contributed by atoms with Crippen LogP contribution in [-0.2, 0) is 21.4 Å². The normalized spacial score (nSPS) is 16.5. The molecule has 0 amide bonds. The summed E-state index contributed by atoms with van der Waals surface area (Å²) in [4.78, 5) is 9.36. The maximum atomic E-state index is 5.81. The quantitative estimate of drug-likeness (QED) is 0.381. The molecule has 1 aromatic heterocycles. The second-order valence-electron chi connectivity index (χ2n) is 8.00. The highest BCUT2D eigenvalue weighted by molar-refractivity contribution is 7.09. The molecule has 1 aliphatic heterocycles. The fourth-order valence-electron chi connectivity index (χ4n) is 2.77. The molecule has 2 N–H and O–H groups in total. The lowest BCUT2D eigenvalue weighted by Gasteiger charge is -2.21. The molecule has 0 aromatic carbocycles. The Morgan fingerprint density at radius 3 is 2.78 bits per heavy atom. The highest BCUT2D eigenvalue weighted by atomic mass is 32.1. The molecule has 1 fully saturated rings. The molecule has 2 rings (SSSR count). The minimum absolute atomic E-state index is 0.0973. The van der Waals surface area contributed by atoms with Gasteiger partial charge in [0.25, 0.3) is 0 Å². The zero-order valence-corrected chi connectivity index (χ0v) is 18.2. The average Bonchev–Trinajstić information content (AvgIpc) is 3.13. The summed E-state index contributed by atoms with van der Waals surface area (Å²) in [5.41, 5.74) is 1.13. The van der Waals surface area contributed by atoms with Crippen molar-refractivity contribution in [2.45, 2.75) is 58.9 Å². The van der Waals surface area contributed by atoms with Crippen molar-refractivity contribution in [1.29, 1.82) is 0 Å². The summed E-state index contributed by atoms with van der Waals surface area (Å²) in [6.45, 7) is 14.3. The molecule has 0 atom stereocenters. The van der Waals surface area contributed by atoms with E-state index in [2.05, 4.69) is 48.7 Å². The molecule has 0 bridgehead atoms. The number of aromatic nitrogens is 1. The highest BCUT2D eigenvalue weighted by Gasteiger charge is 2.17. The molecule has 1 aliphatic rings. The Hall–Kier alpha value is -1.18. The van der Waals surface area contributed by atoms with Gasteiger partial charge >= 0.3 is 0 Å². The molecule has 6 nitrogen and oxygen atoms in total. The van der Waals surface area contributed by atoms with Crippen molar-refractivity contribution in [2.75, 3.05) is 39.5 Å². The predicted octanol–water partition coefficient (Wildman–Crippen LogP) is 3.33. The Kier molecular flexibility index (Phi) is 9.51. The maximum absolute atomic E-state index is 5.81. The van der Waals surface area contributed by atoms with E-state index >= 15 is 0 Å². The third-order valence-corrected chi connectivity index (χ3v) is 5.71. The molecular formula is C20H36N4O2S. The summed E-state index contributed by atoms with van der Waals surface area (Å²) in [5, 5.41) is 9.94. The molecule has 27 heavy (non-hydrogen) atoms. The van der Waals surface area contributed by atoms with Crippen LogP contribution in [0.3, 0.4) is 0 Å². The fourth-order valence-corrected chi connectivity index (χ4v) is 3.67. The molecule has 1 saturated heterocycles. The first-order valence-electron chi connectivity index (χ1n) is 10.1. The van der Waals surface area contributed by atoms with E-state index in [0.29, 0.717) is 12.5 Å². The van der Waals surface area contributed by atoms with Crippen LogP contribution in [0.2, 0.25) is 0 Å². The van der Waals surface area contributed by atoms with Crippen molar-refractivity contribution >= 4 is 17.3 Å². The second kappa shape index (κ2) is 11.6. The van der Waals surface area contributed by atoms with Crippen LogP contribution in [0.25, 0.3) is 0 Å². The van der Waals surface area contributed by atoms with E-state index in [-0.39, 0.29) is 5.41 Å². The zero-order chi connectivity index (χ0) is 19.5. The third kappa shape index (κ3) is 8.58. The Morgan fingerprint density at radius 2 is 2.11 bits per heavy atom. The van der Waals surface area contributed by atoms with Crippen LogP contribution in [0.15, 0.2) is 10.4 Å². The maximum Gasteiger partial charge on any atom is 0.191 e. The van der Waals surface area contributed by atoms with Crippen LogP contribution in [0.5, 0.6) is 0 Å². The summed E-state index contributed by atoms with van der Waals surface area (Å²) >= 11 is 1.71. The zero-order valence-electron chi connectivity index (χ0n) is 17.3. The van der Waals surface area contributed by atoms with Gasteiger partial charge in [-0.25, -0.2) is 9.98 Å². The van der Waals surface area contributed by atoms with Crippen LogP contribution >= 0.6 is 11.3 Å². The standard InChI is InChI=1S/C20H36N4O2S/c1-5-21-19(23-13-17-15-27-18(24-17)20(2,3)4)22-9-6-10-26-14-16-7-11-25-12-8-16/h15-16H,5-14H2,1-4H3,(H2,21,22,23). The van der Waals surface area contributed by atoms with Crippen LogP contribution in [0, 0.1) is 5.92 Å². The van der Waals surface area contributed by atoms with E-state index in [1.807, 2.05) is 0 Å². The molecule has 0 saturated carbocycles. The molecule has 0 spiro atoms. The Balaban J connectivity index is 1.66.